The molecule has 1 atom stereocenters. The van der Waals surface area contributed by atoms with Gasteiger partial charge in [-0.2, -0.15) is 0 Å². The highest BCUT2D eigenvalue weighted by Gasteiger charge is 2.24. The SMILES string of the molecule is Cn1ccnc1C(=O)NCC(c1cccs1)N1CCOCC1. The number of nitrogens with one attached hydrogen (secondary N) is 1. The van der Waals surface area contributed by atoms with Crippen molar-refractivity contribution in [1.82, 2.24) is 19.8 Å². The number of hydrogen-bond acceptors (Lipinski definition) is 5. The number of rotatable bonds is 5. The molecule has 1 aliphatic rings. The predicted molar refractivity (Wildman–Crippen MR) is 85.0 cm³/mol. The Labute approximate surface area is 133 Å². The number of hydrogen-bond donors (Lipinski definition) is 1. The molecule has 7 heteroatoms. The Balaban J connectivity index is 1.68. The van der Waals surface area contributed by atoms with Crippen molar-refractivity contribution < 1.29 is 9.53 Å². The quantitative estimate of drug-likeness (QED) is 0.902. The summed E-state index contributed by atoms with van der Waals surface area (Å²) in [5.74, 6) is 0.300. The summed E-state index contributed by atoms with van der Waals surface area (Å²) >= 11 is 1.72. The van der Waals surface area contributed by atoms with E-state index < -0.39 is 0 Å². The van der Waals surface area contributed by atoms with Crippen LogP contribution in [0, 0.1) is 0 Å². The van der Waals surface area contributed by atoms with Crippen molar-refractivity contribution >= 4 is 17.2 Å². The monoisotopic (exact) mass is 320 g/mol. The third-order valence-corrected chi connectivity index (χ3v) is 4.81. The fourth-order valence-electron chi connectivity index (χ4n) is 2.63. The fraction of sp³-hybridized carbons (Fsp3) is 0.467. The molecule has 2 aromatic heterocycles. The molecular formula is C15H20N4O2S. The summed E-state index contributed by atoms with van der Waals surface area (Å²) in [7, 11) is 1.82. The molecule has 118 valence electrons. The molecule has 0 spiro atoms. The second-order valence-electron chi connectivity index (χ2n) is 5.25. The van der Waals surface area contributed by atoms with Crippen molar-refractivity contribution in [2.75, 3.05) is 32.8 Å². The largest absolute Gasteiger partial charge is 0.379 e. The lowest BCUT2D eigenvalue weighted by Crippen LogP contribution is -2.43. The minimum Gasteiger partial charge on any atom is -0.379 e. The number of morpholine rings is 1. The van der Waals surface area contributed by atoms with Gasteiger partial charge in [0.2, 0.25) is 0 Å². The van der Waals surface area contributed by atoms with Crippen LogP contribution in [0.2, 0.25) is 0 Å². The summed E-state index contributed by atoms with van der Waals surface area (Å²) in [5.41, 5.74) is 0. The van der Waals surface area contributed by atoms with Gasteiger partial charge in [0.05, 0.1) is 19.3 Å². The molecule has 22 heavy (non-hydrogen) atoms. The van der Waals surface area contributed by atoms with Gasteiger partial charge in [0.25, 0.3) is 5.91 Å². The van der Waals surface area contributed by atoms with E-state index in [-0.39, 0.29) is 11.9 Å². The molecule has 0 saturated carbocycles. The molecule has 1 amide bonds. The zero-order valence-corrected chi connectivity index (χ0v) is 13.4. The Morgan fingerprint density at radius 1 is 1.50 bits per heavy atom. The third kappa shape index (κ3) is 3.37. The van der Waals surface area contributed by atoms with Crippen molar-refractivity contribution in [3.63, 3.8) is 0 Å². The van der Waals surface area contributed by atoms with Gasteiger partial charge in [0, 0.05) is 44.0 Å². The van der Waals surface area contributed by atoms with Crippen molar-refractivity contribution in [2.24, 2.45) is 7.05 Å². The van der Waals surface area contributed by atoms with E-state index in [9.17, 15) is 4.79 Å². The third-order valence-electron chi connectivity index (χ3n) is 3.84. The molecule has 3 rings (SSSR count). The smallest absolute Gasteiger partial charge is 0.287 e. The molecule has 6 nitrogen and oxygen atoms in total. The van der Waals surface area contributed by atoms with Gasteiger partial charge in [-0.25, -0.2) is 4.98 Å². The number of carbonyl (C=O) groups is 1. The number of aromatic nitrogens is 2. The minimum atomic E-state index is -0.137. The number of imidazole rings is 1. The number of amides is 1. The van der Waals surface area contributed by atoms with E-state index in [1.54, 1.807) is 28.3 Å². The predicted octanol–water partition coefficient (Wildman–Crippen LogP) is 1.28. The molecule has 3 heterocycles. The van der Waals surface area contributed by atoms with Crippen molar-refractivity contribution in [3.05, 3.63) is 40.6 Å². The second kappa shape index (κ2) is 7.04. The standard InChI is InChI=1S/C15H20N4O2S/c1-18-5-4-16-14(18)15(20)17-11-12(13-3-2-10-22-13)19-6-8-21-9-7-19/h2-5,10,12H,6-9,11H2,1H3,(H,17,20). The van der Waals surface area contributed by atoms with E-state index in [2.05, 4.69) is 26.6 Å². The first-order valence-electron chi connectivity index (χ1n) is 7.36. The molecule has 1 N–H and O–H groups in total. The molecule has 0 bridgehead atoms. The maximum Gasteiger partial charge on any atom is 0.287 e. The molecule has 1 fully saturated rings. The molecule has 1 saturated heterocycles. The first kappa shape index (κ1) is 15.2. The zero-order chi connectivity index (χ0) is 15.4. The van der Waals surface area contributed by atoms with Crippen LogP contribution in [0.15, 0.2) is 29.9 Å². The highest BCUT2D eigenvalue weighted by atomic mass is 32.1. The van der Waals surface area contributed by atoms with Crippen molar-refractivity contribution in [3.8, 4) is 0 Å². The van der Waals surface area contributed by atoms with Gasteiger partial charge in [-0.05, 0) is 11.4 Å². The van der Waals surface area contributed by atoms with Crippen LogP contribution in [0.5, 0.6) is 0 Å². The van der Waals surface area contributed by atoms with E-state index in [4.69, 9.17) is 4.74 Å². The molecular weight excluding hydrogens is 300 g/mol. The average molecular weight is 320 g/mol. The summed E-state index contributed by atoms with van der Waals surface area (Å²) < 4.78 is 7.15. The van der Waals surface area contributed by atoms with E-state index in [0.29, 0.717) is 12.4 Å². The van der Waals surface area contributed by atoms with Crippen LogP contribution in [0.1, 0.15) is 21.5 Å². The Morgan fingerprint density at radius 3 is 2.95 bits per heavy atom. The number of aryl methyl sites for hydroxylation is 1. The molecule has 1 aliphatic heterocycles. The van der Waals surface area contributed by atoms with Crippen molar-refractivity contribution in [1.29, 1.82) is 0 Å². The summed E-state index contributed by atoms with van der Waals surface area (Å²) in [6, 6.07) is 4.36. The first-order valence-corrected chi connectivity index (χ1v) is 8.24. The molecule has 2 aromatic rings. The topological polar surface area (TPSA) is 59.4 Å². The zero-order valence-electron chi connectivity index (χ0n) is 12.6. The normalized spacial score (nSPS) is 17.3. The Bertz CT molecular complexity index is 605. The van der Waals surface area contributed by atoms with Gasteiger partial charge in [0.15, 0.2) is 5.82 Å². The van der Waals surface area contributed by atoms with Crippen molar-refractivity contribution in [2.45, 2.75) is 6.04 Å². The summed E-state index contributed by atoms with van der Waals surface area (Å²) in [6.45, 7) is 3.85. The van der Waals surface area contributed by atoms with Crippen LogP contribution in [0.4, 0.5) is 0 Å². The van der Waals surface area contributed by atoms with Crippen LogP contribution in [-0.4, -0.2) is 53.2 Å². The first-order chi connectivity index (χ1) is 10.8. The van der Waals surface area contributed by atoms with Gasteiger partial charge in [0.1, 0.15) is 0 Å². The highest BCUT2D eigenvalue weighted by Crippen LogP contribution is 2.25. The Morgan fingerprint density at radius 2 is 2.32 bits per heavy atom. The lowest BCUT2D eigenvalue weighted by Gasteiger charge is -2.34. The second-order valence-corrected chi connectivity index (χ2v) is 6.23. The van der Waals surface area contributed by atoms with E-state index in [1.165, 1.54) is 4.88 Å². The maximum absolute atomic E-state index is 12.2. The van der Waals surface area contributed by atoms with Crippen LogP contribution in [-0.2, 0) is 11.8 Å². The Kier molecular flexibility index (Phi) is 4.87. The van der Waals surface area contributed by atoms with Crippen LogP contribution < -0.4 is 5.32 Å². The lowest BCUT2D eigenvalue weighted by molar-refractivity contribution is 0.0169. The average Bonchev–Trinajstić information content (AvgIpc) is 3.20. The summed E-state index contributed by atoms with van der Waals surface area (Å²) in [6.07, 6.45) is 3.40. The Hall–Kier alpha value is -1.70. The van der Waals surface area contributed by atoms with Gasteiger partial charge in [-0.15, -0.1) is 11.3 Å². The highest BCUT2D eigenvalue weighted by molar-refractivity contribution is 7.10. The van der Waals surface area contributed by atoms with Gasteiger partial charge in [-0.3, -0.25) is 9.69 Å². The summed E-state index contributed by atoms with van der Waals surface area (Å²) in [4.78, 5) is 20.0. The van der Waals surface area contributed by atoms with Gasteiger partial charge < -0.3 is 14.6 Å². The fourth-order valence-corrected chi connectivity index (χ4v) is 3.49. The molecule has 0 radical (unpaired) electrons. The molecule has 0 aliphatic carbocycles. The lowest BCUT2D eigenvalue weighted by atomic mass is 10.2. The van der Waals surface area contributed by atoms with E-state index >= 15 is 0 Å². The van der Waals surface area contributed by atoms with E-state index in [0.717, 1.165) is 26.3 Å². The number of thiophene rings is 1. The van der Waals surface area contributed by atoms with Crippen LogP contribution >= 0.6 is 11.3 Å². The summed E-state index contributed by atoms with van der Waals surface area (Å²) in [5, 5.41) is 5.09. The minimum absolute atomic E-state index is 0.137. The number of ether oxygens (including phenoxy) is 1. The van der Waals surface area contributed by atoms with Gasteiger partial charge in [-0.1, -0.05) is 6.07 Å². The maximum atomic E-state index is 12.2. The van der Waals surface area contributed by atoms with Crippen LogP contribution in [0.25, 0.3) is 0 Å². The number of nitrogens with zero attached hydrogens (tertiary/aromatic N) is 3. The van der Waals surface area contributed by atoms with Crippen LogP contribution in [0.3, 0.4) is 0 Å². The van der Waals surface area contributed by atoms with E-state index in [1.807, 2.05) is 13.1 Å². The number of carbonyl (C=O) groups excluding carboxylic acids is 1. The molecule has 1 unspecified atom stereocenters. The molecule has 0 aromatic carbocycles. The van der Waals surface area contributed by atoms with Gasteiger partial charge >= 0.3 is 0 Å².